The number of thiazole rings is 1. The van der Waals surface area contributed by atoms with E-state index in [0.717, 1.165) is 34.6 Å². The predicted molar refractivity (Wildman–Crippen MR) is 98.8 cm³/mol. The molecule has 2 atom stereocenters. The highest BCUT2D eigenvalue weighted by Gasteiger charge is 2.22. The van der Waals surface area contributed by atoms with E-state index in [1.807, 2.05) is 23.7 Å². The maximum absolute atomic E-state index is 6.19. The van der Waals surface area contributed by atoms with Crippen LogP contribution in [0.15, 0.2) is 36.0 Å². The molecule has 3 aromatic rings. The van der Waals surface area contributed by atoms with Gasteiger partial charge in [-0.3, -0.25) is 0 Å². The van der Waals surface area contributed by atoms with Crippen LogP contribution < -0.4 is 16.4 Å². The summed E-state index contributed by atoms with van der Waals surface area (Å²) in [5.41, 5.74) is 10.1. The third kappa shape index (κ3) is 3.32. The SMILES string of the molecule is N[C@H]1CCCC[C@H]1Nc1nccc(Nc2ccc3ncsc3c2)n1. The van der Waals surface area contributed by atoms with Gasteiger partial charge in [-0.1, -0.05) is 12.8 Å². The number of benzene rings is 1. The van der Waals surface area contributed by atoms with Crippen molar-refractivity contribution in [3.05, 3.63) is 36.0 Å². The Balaban J connectivity index is 1.49. The van der Waals surface area contributed by atoms with Gasteiger partial charge in [-0.05, 0) is 37.1 Å². The molecular weight excluding hydrogens is 320 g/mol. The second-order valence-corrected chi connectivity index (χ2v) is 7.01. The van der Waals surface area contributed by atoms with Crippen LogP contribution in [0, 0.1) is 0 Å². The molecule has 6 nitrogen and oxygen atoms in total. The number of hydrogen-bond donors (Lipinski definition) is 3. The molecule has 0 saturated heterocycles. The van der Waals surface area contributed by atoms with Crippen molar-refractivity contribution in [3.63, 3.8) is 0 Å². The largest absolute Gasteiger partial charge is 0.350 e. The molecule has 0 spiro atoms. The second-order valence-electron chi connectivity index (χ2n) is 6.12. The summed E-state index contributed by atoms with van der Waals surface area (Å²) in [6.45, 7) is 0. The fourth-order valence-electron chi connectivity index (χ4n) is 3.08. The molecule has 1 saturated carbocycles. The molecule has 0 aliphatic heterocycles. The summed E-state index contributed by atoms with van der Waals surface area (Å²) in [5.74, 6) is 1.39. The molecule has 1 aliphatic carbocycles. The van der Waals surface area contributed by atoms with Gasteiger partial charge >= 0.3 is 0 Å². The van der Waals surface area contributed by atoms with Gasteiger partial charge in [0.15, 0.2) is 0 Å². The van der Waals surface area contributed by atoms with Gasteiger partial charge in [-0.25, -0.2) is 9.97 Å². The van der Waals surface area contributed by atoms with E-state index < -0.39 is 0 Å². The Morgan fingerprint density at radius 2 is 2.04 bits per heavy atom. The third-order valence-corrected chi connectivity index (χ3v) is 5.18. The van der Waals surface area contributed by atoms with E-state index in [1.165, 1.54) is 12.8 Å². The second kappa shape index (κ2) is 6.70. The van der Waals surface area contributed by atoms with Crippen molar-refractivity contribution in [2.24, 2.45) is 5.73 Å². The first kappa shape index (κ1) is 15.3. The number of fused-ring (bicyclic) bond motifs is 1. The fraction of sp³-hybridized carbons (Fsp3) is 0.353. The lowest BCUT2D eigenvalue weighted by molar-refractivity contribution is 0.402. The molecule has 4 N–H and O–H groups in total. The first-order chi connectivity index (χ1) is 11.8. The van der Waals surface area contributed by atoms with Crippen LogP contribution >= 0.6 is 11.3 Å². The molecule has 0 radical (unpaired) electrons. The van der Waals surface area contributed by atoms with Gasteiger partial charge < -0.3 is 16.4 Å². The van der Waals surface area contributed by atoms with Crippen LogP contribution in [0.25, 0.3) is 10.2 Å². The van der Waals surface area contributed by atoms with Gasteiger partial charge in [-0.15, -0.1) is 11.3 Å². The van der Waals surface area contributed by atoms with Gasteiger partial charge in [0.25, 0.3) is 0 Å². The zero-order chi connectivity index (χ0) is 16.4. The van der Waals surface area contributed by atoms with Crippen molar-refractivity contribution in [2.45, 2.75) is 37.8 Å². The lowest BCUT2D eigenvalue weighted by Gasteiger charge is -2.29. The minimum Gasteiger partial charge on any atom is -0.350 e. The summed E-state index contributed by atoms with van der Waals surface area (Å²) in [5, 5.41) is 6.72. The molecule has 24 heavy (non-hydrogen) atoms. The van der Waals surface area contributed by atoms with Gasteiger partial charge in [0.2, 0.25) is 5.95 Å². The summed E-state index contributed by atoms with van der Waals surface area (Å²) >= 11 is 1.63. The zero-order valence-electron chi connectivity index (χ0n) is 13.3. The first-order valence-corrected chi connectivity index (χ1v) is 9.11. The van der Waals surface area contributed by atoms with Crippen LogP contribution in [-0.2, 0) is 0 Å². The zero-order valence-corrected chi connectivity index (χ0v) is 14.1. The fourth-order valence-corrected chi connectivity index (χ4v) is 3.80. The van der Waals surface area contributed by atoms with Gasteiger partial charge in [-0.2, -0.15) is 4.98 Å². The van der Waals surface area contributed by atoms with Crippen molar-refractivity contribution in [1.29, 1.82) is 0 Å². The highest BCUT2D eigenvalue weighted by atomic mass is 32.1. The van der Waals surface area contributed by atoms with Gasteiger partial charge in [0.05, 0.1) is 15.7 Å². The molecule has 7 heteroatoms. The van der Waals surface area contributed by atoms with E-state index in [1.54, 1.807) is 17.5 Å². The molecular formula is C17H20N6S. The van der Waals surface area contributed by atoms with E-state index in [9.17, 15) is 0 Å². The lowest BCUT2D eigenvalue weighted by atomic mass is 9.91. The number of aromatic nitrogens is 3. The molecule has 0 unspecified atom stereocenters. The average molecular weight is 340 g/mol. The third-order valence-electron chi connectivity index (χ3n) is 4.39. The van der Waals surface area contributed by atoms with Crippen LogP contribution in [-0.4, -0.2) is 27.0 Å². The predicted octanol–water partition coefficient (Wildman–Crippen LogP) is 3.51. The summed E-state index contributed by atoms with van der Waals surface area (Å²) < 4.78 is 1.15. The number of nitrogens with zero attached hydrogens (tertiary/aromatic N) is 3. The monoisotopic (exact) mass is 340 g/mol. The van der Waals surface area contributed by atoms with Crippen molar-refractivity contribution < 1.29 is 0 Å². The van der Waals surface area contributed by atoms with E-state index in [0.29, 0.717) is 5.95 Å². The maximum Gasteiger partial charge on any atom is 0.224 e. The molecule has 4 rings (SSSR count). The Kier molecular flexibility index (Phi) is 4.27. The lowest BCUT2D eigenvalue weighted by Crippen LogP contribution is -2.42. The number of hydrogen-bond acceptors (Lipinski definition) is 7. The van der Waals surface area contributed by atoms with Crippen LogP contribution in [0.1, 0.15) is 25.7 Å². The Hall–Kier alpha value is -2.25. The Morgan fingerprint density at radius 1 is 1.12 bits per heavy atom. The van der Waals surface area contributed by atoms with Crippen molar-refractivity contribution >= 4 is 39.0 Å². The van der Waals surface area contributed by atoms with Crippen LogP contribution in [0.5, 0.6) is 0 Å². The number of rotatable bonds is 4. The number of nitrogens with two attached hydrogens (primary N) is 1. The highest BCUT2D eigenvalue weighted by Crippen LogP contribution is 2.24. The highest BCUT2D eigenvalue weighted by molar-refractivity contribution is 7.16. The van der Waals surface area contributed by atoms with E-state index >= 15 is 0 Å². The topological polar surface area (TPSA) is 88.8 Å². The molecule has 1 fully saturated rings. The maximum atomic E-state index is 6.19. The Bertz CT molecular complexity index is 833. The molecule has 0 amide bonds. The summed E-state index contributed by atoms with van der Waals surface area (Å²) in [6, 6.07) is 8.39. The molecule has 124 valence electrons. The quantitative estimate of drug-likeness (QED) is 0.673. The van der Waals surface area contributed by atoms with Crippen LogP contribution in [0.4, 0.5) is 17.5 Å². The van der Waals surface area contributed by atoms with Crippen molar-refractivity contribution in [2.75, 3.05) is 10.6 Å². The van der Waals surface area contributed by atoms with E-state index in [2.05, 4.69) is 31.7 Å². The Morgan fingerprint density at radius 3 is 2.96 bits per heavy atom. The van der Waals surface area contributed by atoms with Crippen molar-refractivity contribution in [1.82, 2.24) is 15.0 Å². The molecule has 1 aromatic carbocycles. The summed E-state index contributed by atoms with van der Waals surface area (Å²) in [4.78, 5) is 13.2. The van der Waals surface area contributed by atoms with Gasteiger partial charge in [0.1, 0.15) is 5.82 Å². The van der Waals surface area contributed by atoms with Crippen LogP contribution in [0.2, 0.25) is 0 Å². The summed E-state index contributed by atoms with van der Waals surface area (Å²) in [7, 11) is 0. The summed E-state index contributed by atoms with van der Waals surface area (Å²) in [6.07, 6.45) is 6.31. The molecule has 2 heterocycles. The van der Waals surface area contributed by atoms with Crippen LogP contribution in [0.3, 0.4) is 0 Å². The molecule has 2 aromatic heterocycles. The normalized spacial score (nSPS) is 20.9. The standard InChI is InChI=1S/C17H20N6S/c18-12-3-1-2-4-13(12)22-17-19-8-7-16(23-17)21-11-5-6-14-15(9-11)24-10-20-14/h5-10,12-13H,1-4,18H2,(H2,19,21,22,23)/t12-,13+/m0/s1. The number of nitrogens with one attached hydrogen (secondary N) is 2. The molecule has 1 aliphatic rings. The minimum atomic E-state index is 0.174. The number of anilines is 3. The molecule has 0 bridgehead atoms. The van der Waals surface area contributed by atoms with Crippen molar-refractivity contribution in [3.8, 4) is 0 Å². The first-order valence-electron chi connectivity index (χ1n) is 8.23. The smallest absolute Gasteiger partial charge is 0.224 e. The van der Waals surface area contributed by atoms with E-state index in [-0.39, 0.29) is 12.1 Å². The van der Waals surface area contributed by atoms with Gasteiger partial charge in [0, 0.05) is 24.0 Å². The average Bonchev–Trinajstić information content (AvgIpc) is 3.05. The Labute approximate surface area is 144 Å². The van der Waals surface area contributed by atoms with E-state index in [4.69, 9.17) is 5.73 Å². The minimum absolute atomic E-state index is 0.174.